The zero-order valence-electron chi connectivity index (χ0n) is 16.3. The van der Waals surface area contributed by atoms with Crippen LogP contribution in [0.5, 0.6) is 11.6 Å². The summed E-state index contributed by atoms with van der Waals surface area (Å²) in [5.41, 5.74) is 0.382. The van der Waals surface area contributed by atoms with Crippen molar-refractivity contribution in [1.29, 1.82) is 0 Å². The molecule has 2 aromatic rings. The van der Waals surface area contributed by atoms with E-state index in [1.807, 2.05) is 0 Å². The second-order valence-electron chi connectivity index (χ2n) is 6.11. The quantitative estimate of drug-likeness (QED) is 0.640. The summed E-state index contributed by atoms with van der Waals surface area (Å²) < 4.78 is 47.4. The van der Waals surface area contributed by atoms with Crippen molar-refractivity contribution in [2.45, 2.75) is 20.0 Å². The summed E-state index contributed by atoms with van der Waals surface area (Å²) in [7, 11) is 0. The van der Waals surface area contributed by atoms with Gasteiger partial charge in [-0.1, -0.05) is 13.8 Å². The van der Waals surface area contributed by atoms with Gasteiger partial charge in [0.25, 0.3) is 5.91 Å². The summed E-state index contributed by atoms with van der Waals surface area (Å²) in [6, 6.07) is 9.51. The molecule has 0 fully saturated rings. The van der Waals surface area contributed by atoms with Gasteiger partial charge in [0.15, 0.2) is 6.61 Å². The Bertz CT molecular complexity index is 779. The van der Waals surface area contributed by atoms with Gasteiger partial charge in [0, 0.05) is 18.4 Å². The molecule has 1 N–H and O–H groups in total. The first-order valence-corrected chi connectivity index (χ1v) is 9.23. The Morgan fingerprint density at radius 3 is 2.41 bits per heavy atom. The number of ether oxygens (including phenoxy) is 2. The maximum atomic E-state index is 12.4. The fourth-order valence-corrected chi connectivity index (χ4v) is 2.49. The average Bonchev–Trinajstić information content (AvgIpc) is 2.70. The molecule has 6 nitrogen and oxygen atoms in total. The highest BCUT2D eigenvalue weighted by Gasteiger charge is 2.29. The van der Waals surface area contributed by atoms with E-state index in [4.69, 9.17) is 4.74 Å². The van der Waals surface area contributed by atoms with Crippen LogP contribution in [0.4, 0.5) is 18.9 Å². The minimum Gasteiger partial charge on any atom is -0.492 e. The molecule has 9 heteroatoms. The lowest BCUT2D eigenvalue weighted by atomic mass is 10.2. The van der Waals surface area contributed by atoms with E-state index in [9.17, 15) is 18.0 Å². The van der Waals surface area contributed by atoms with Gasteiger partial charge >= 0.3 is 6.18 Å². The number of hydrogen-bond acceptors (Lipinski definition) is 5. The number of likely N-dealkylation sites (N-methyl/N-ethyl adjacent to an activating group) is 1. The SMILES string of the molecule is CCN(CC)CCOc1ccc(NC(=O)c2cccnc2OCC(F)(F)F)cc1. The number of anilines is 1. The van der Waals surface area contributed by atoms with E-state index in [1.165, 1.54) is 18.3 Å². The largest absolute Gasteiger partial charge is 0.492 e. The number of nitrogens with zero attached hydrogens (tertiary/aromatic N) is 2. The predicted molar refractivity (Wildman–Crippen MR) is 103 cm³/mol. The summed E-state index contributed by atoms with van der Waals surface area (Å²) in [6.07, 6.45) is -3.26. The Morgan fingerprint density at radius 1 is 1.10 bits per heavy atom. The number of amides is 1. The Kier molecular flexibility index (Phi) is 8.26. The van der Waals surface area contributed by atoms with Crippen LogP contribution in [-0.4, -0.2) is 54.8 Å². The number of halogens is 3. The summed E-state index contributed by atoms with van der Waals surface area (Å²) in [5.74, 6) is -0.338. The average molecular weight is 411 g/mol. The number of benzene rings is 1. The van der Waals surface area contributed by atoms with Gasteiger partial charge in [-0.05, 0) is 49.5 Å². The van der Waals surface area contributed by atoms with E-state index in [-0.39, 0.29) is 11.4 Å². The molecular formula is C20H24F3N3O3. The summed E-state index contributed by atoms with van der Waals surface area (Å²) in [6.45, 7) is 5.91. The van der Waals surface area contributed by atoms with Gasteiger partial charge in [-0.15, -0.1) is 0 Å². The summed E-state index contributed by atoms with van der Waals surface area (Å²) in [5, 5.41) is 2.61. The van der Waals surface area contributed by atoms with E-state index in [0.717, 1.165) is 19.6 Å². The molecule has 0 spiro atoms. The van der Waals surface area contributed by atoms with Gasteiger partial charge in [-0.2, -0.15) is 13.2 Å². The molecule has 0 bridgehead atoms. The molecule has 0 saturated carbocycles. The Hall–Kier alpha value is -2.81. The molecule has 2 rings (SSSR count). The minimum atomic E-state index is -4.52. The van der Waals surface area contributed by atoms with Gasteiger partial charge in [0.2, 0.25) is 5.88 Å². The normalized spacial score (nSPS) is 11.4. The van der Waals surface area contributed by atoms with Crippen LogP contribution in [-0.2, 0) is 0 Å². The molecule has 1 heterocycles. The maximum absolute atomic E-state index is 12.4. The van der Waals surface area contributed by atoms with Crippen molar-refractivity contribution < 1.29 is 27.4 Å². The molecule has 0 aliphatic heterocycles. The first-order chi connectivity index (χ1) is 13.8. The van der Waals surface area contributed by atoms with Gasteiger partial charge in [0.1, 0.15) is 17.9 Å². The van der Waals surface area contributed by atoms with Crippen molar-refractivity contribution in [3.8, 4) is 11.6 Å². The molecule has 0 atom stereocenters. The Balaban J connectivity index is 1.94. The summed E-state index contributed by atoms with van der Waals surface area (Å²) >= 11 is 0. The third-order valence-electron chi connectivity index (χ3n) is 4.07. The zero-order chi connectivity index (χ0) is 21.3. The minimum absolute atomic E-state index is 0.0868. The van der Waals surface area contributed by atoms with Crippen molar-refractivity contribution in [2.75, 3.05) is 38.2 Å². The topological polar surface area (TPSA) is 63.7 Å². The van der Waals surface area contributed by atoms with E-state index in [2.05, 4.69) is 33.8 Å². The lowest BCUT2D eigenvalue weighted by molar-refractivity contribution is -0.154. The molecule has 0 aliphatic rings. The molecule has 0 unspecified atom stereocenters. The van der Waals surface area contributed by atoms with Gasteiger partial charge < -0.3 is 19.7 Å². The van der Waals surface area contributed by atoms with E-state index in [0.29, 0.717) is 18.0 Å². The van der Waals surface area contributed by atoms with E-state index in [1.54, 1.807) is 24.3 Å². The zero-order valence-corrected chi connectivity index (χ0v) is 16.3. The third-order valence-corrected chi connectivity index (χ3v) is 4.07. The number of hydrogen-bond donors (Lipinski definition) is 1. The highest BCUT2D eigenvalue weighted by atomic mass is 19.4. The van der Waals surface area contributed by atoms with E-state index < -0.39 is 18.7 Å². The van der Waals surface area contributed by atoms with Crippen molar-refractivity contribution >= 4 is 11.6 Å². The molecule has 1 aromatic carbocycles. The van der Waals surface area contributed by atoms with Crippen molar-refractivity contribution in [1.82, 2.24) is 9.88 Å². The molecule has 0 radical (unpaired) electrons. The van der Waals surface area contributed by atoms with Crippen LogP contribution in [0.25, 0.3) is 0 Å². The smallest absolute Gasteiger partial charge is 0.422 e. The highest BCUT2D eigenvalue weighted by molar-refractivity contribution is 6.05. The number of carbonyl (C=O) groups excluding carboxylic acids is 1. The van der Waals surface area contributed by atoms with Crippen LogP contribution in [0.3, 0.4) is 0 Å². The van der Waals surface area contributed by atoms with Crippen LogP contribution in [0, 0.1) is 0 Å². The molecule has 29 heavy (non-hydrogen) atoms. The number of carbonyl (C=O) groups is 1. The Labute approximate surface area is 167 Å². The van der Waals surface area contributed by atoms with Gasteiger partial charge in [-0.25, -0.2) is 4.98 Å². The molecule has 1 aromatic heterocycles. The summed E-state index contributed by atoms with van der Waals surface area (Å²) in [4.78, 5) is 18.4. The number of nitrogens with one attached hydrogen (secondary N) is 1. The number of rotatable bonds is 10. The molecule has 1 amide bonds. The molecule has 0 saturated heterocycles. The van der Waals surface area contributed by atoms with Crippen LogP contribution in [0.2, 0.25) is 0 Å². The first-order valence-electron chi connectivity index (χ1n) is 9.23. The second kappa shape index (κ2) is 10.7. The van der Waals surface area contributed by atoms with Crippen LogP contribution in [0.1, 0.15) is 24.2 Å². The van der Waals surface area contributed by atoms with Crippen molar-refractivity contribution in [3.63, 3.8) is 0 Å². The molecule has 158 valence electrons. The highest BCUT2D eigenvalue weighted by Crippen LogP contribution is 2.22. The fraction of sp³-hybridized carbons (Fsp3) is 0.400. The van der Waals surface area contributed by atoms with E-state index >= 15 is 0 Å². The monoisotopic (exact) mass is 411 g/mol. The number of pyridine rings is 1. The van der Waals surface area contributed by atoms with Gasteiger partial charge in [-0.3, -0.25) is 4.79 Å². The predicted octanol–water partition coefficient (Wildman–Crippen LogP) is 4.00. The fourth-order valence-electron chi connectivity index (χ4n) is 2.49. The standard InChI is InChI=1S/C20H24F3N3O3/c1-3-26(4-2)12-13-28-16-9-7-15(8-10-16)25-18(27)17-6-5-11-24-19(17)29-14-20(21,22)23/h5-11H,3-4,12-14H2,1-2H3,(H,25,27). The van der Waals surface area contributed by atoms with Crippen LogP contribution >= 0.6 is 0 Å². The van der Waals surface area contributed by atoms with Crippen molar-refractivity contribution in [2.24, 2.45) is 0 Å². The third kappa shape index (κ3) is 7.61. The number of aromatic nitrogens is 1. The molecular weight excluding hydrogens is 387 g/mol. The lowest BCUT2D eigenvalue weighted by Gasteiger charge is -2.18. The Morgan fingerprint density at radius 2 is 1.79 bits per heavy atom. The second-order valence-corrected chi connectivity index (χ2v) is 6.11. The van der Waals surface area contributed by atoms with Gasteiger partial charge in [0.05, 0.1) is 0 Å². The lowest BCUT2D eigenvalue weighted by Crippen LogP contribution is -2.27. The van der Waals surface area contributed by atoms with Crippen LogP contribution in [0.15, 0.2) is 42.6 Å². The maximum Gasteiger partial charge on any atom is 0.422 e. The van der Waals surface area contributed by atoms with Crippen LogP contribution < -0.4 is 14.8 Å². The molecule has 0 aliphatic carbocycles. The first kappa shape index (κ1) is 22.5. The van der Waals surface area contributed by atoms with Crippen molar-refractivity contribution in [3.05, 3.63) is 48.2 Å². The number of alkyl halides is 3.